The minimum atomic E-state index is -4.21. The fourth-order valence-corrected chi connectivity index (χ4v) is 1.26. The summed E-state index contributed by atoms with van der Waals surface area (Å²) in [6.45, 7) is 0.130. The summed E-state index contributed by atoms with van der Waals surface area (Å²) in [5, 5.41) is 11.1. The smallest absolute Gasteiger partial charge is 0.368 e. The van der Waals surface area contributed by atoms with E-state index in [2.05, 4.69) is 15.3 Å². The van der Waals surface area contributed by atoms with Gasteiger partial charge in [0.2, 0.25) is 0 Å². The van der Waals surface area contributed by atoms with Crippen LogP contribution in [0.2, 0.25) is 0 Å². The van der Waals surface area contributed by atoms with Gasteiger partial charge in [0.15, 0.2) is 5.69 Å². The van der Waals surface area contributed by atoms with Crippen molar-refractivity contribution in [3.8, 4) is 6.07 Å². The number of nitriles is 1. The van der Waals surface area contributed by atoms with E-state index in [1.807, 2.05) is 0 Å². The first kappa shape index (κ1) is 12.6. The third kappa shape index (κ3) is 4.84. The molecule has 1 aromatic heterocycles. The second-order valence-electron chi connectivity index (χ2n) is 2.62. The van der Waals surface area contributed by atoms with Crippen molar-refractivity contribution in [3.05, 3.63) is 18.1 Å². The number of hydrogen-bond donors (Lipinski definition) is 1. The van der Waals surface area contributed by atoms with Gasteiger partial charge in [-0.05, 0) is 11.8 Å². The van der Waals surface area contributed by atoms with Crippen LogP contribution in [0.5, 0.6) is 0 Å². The molecule has 0 atom stereocenters. The number of alkyl halides is 3. The molecule has 0 radical (unpaired) electrons. The highest BCUT2D eigenvalue weighted by molar-refractivity contribution is 8.00. The van der Waals surface area contributed by atoms with E-state index >= 15 is 0 Å². The number of rotatable bonds is 4. The van der Waals surface area contributed by atoms with Gasteiger partial charge in [0, 0.05) is 12.3 Å². The quantitative estimate of drug-likeness (QED) is 0.826. The molecule has 0 unspecified atom stereocenters. The summed E-state index contributed by atoms with van der Waals surface area (Å²) in [5.74, 6) is 0.243. The maximum absolute atomic E-state index is 11.8. The Balaban J connectivity index is 2.30. The molecular weight excluding hydrogens is 241 g/mol. The lowest BCUT2D eigenvalue weighted by Crippen LogP contribution is -2.10. The molecule has 0 aliphatic carbocycles. The topological polar surface area (TPSA) is 61.6 Å². The van der Waals surface area contributed by atoms with Crippen LogP contribution in [0.3, 0.4) is 0 Å². The molecule has 1 rings (SSSR count). The average Bonchev–Trinajstić information content (AvgIpc) is 2.24. The molecule has 0 saturated carbocycles. The average molecular weight is 248 g/mol. The van der Waals surface area contributed by atoms with Crippen molar-refractivity contribution in [2.75, 3.05) is 17.6 Å². The minimum absolute atomic E-state index is 0.103. The van der Waals surface area contributed by atoms with Crippen LogP contribution in [0.1, 0.15) is 5.69 Å². The monoisotopic (exact) mass is 248 g/mol. The Labute approximate surface area is 93.9 Å². The van der Waals surface area contributed by atoms with Gasteiger partial charge in [0.05, 0.1) is 12.4 Å². The highest BCUT2D eigenvalue weighted by Gasteiger charge is 2.27. The van der Waals surface area contributed by atoms with Crippen LogP contribution in [0.4, 0.5) is 19.0 Å². The van der Waals surface area contributed by atoms with Crippen LogP contribution in [-0.2, 0) is 0 Å². The number of anilines is 1. The first-order chi connectivity index (χ1) is 7.51. The Kier molecular flexibility index (Phi) is 4.37. The van der Waals surface area contributed by atoms with E-state index in [4.69, 9.17) is 5.26 Å². The van der Waals surface area contributed by atoms with Crippen molar-refractivity contribution in [3.63, 3.8) is 0 Å². The van der Waals surface area contributed by atoms with E-state index in [-0.39, 0.29) is 29.8 Å². The maximum atomic E-state index is 11.8. The number of nitrogens with zero attached hydrogens (tertiary/aromatic N) is 3. The molecule has 0 aliphatic rings. The lowest BCUT2D eigenvalue weighted by Gasteiger charge is -2.06. The van der Waals surface area contributed by atoms with Gasteiger partial charge in [0.25, 0.3) is 0 Å². The molecule has 0 bridgehead atoms. The van der Waals surface area contributed by atoms with Gasteiger partial charge >= 0.3 is 5.51 Å². The van der Waals surface area contributed by atoms with Crippen LogP contribution < -0.4 is 5.32 Å². The Hall–Kier alpha value is -1.49. The molecule has 8 heteroatoms. The fourth-order valence-electron chi connectivity index (χ4n) is 0.823. The Morgan fingerprint density at radius 2 is 2.12 bits per heavy atom. The molecule has 1 N–H and O–H groups in total. The van der Waals surface area contributed by atoms with Gasteiger partial charge in [-0.15, -0.1) is 0 Å². The van der Waals surface area contributed by atoms with Gasteiger partial charge in [-0.25, -0.2) is 9.97 Å². The minimum Gasteiger partial charge on any atom is -0.368 e. The third-order valence-electron chi connectivity index (χ3n) is 1.44. The van der Waals surface area contributed by atoms with Gasteiger partial charge in [0.1, 0.15) is 11.9 Å². The van der Waals surface area contributed by atoms with Crippen LogP contribution in [0.15, 0.2) is 12.4 Å². The molecule has 4 nitrogen and oxygen atoms in total. The summed E-state index contributed by atoms with van der Waals surface area (Å²) in [5.41, 5.74) is -4.05. The Bertz CT molecular complexity index is 370. The number of hydrogen-bond acceptors (Lipinski definition) is 5. The first-order valence-corrected chi connectivity index (χ1v) is 5.16. The lowest BCUT2D eigenvalue weighted by molar-refractivity contribution is -0.0327. The molecule has 16 heavy (non-hydrogen) atoms. The normalized spacial score (nSPS) is 10.9. The maximum Gasteiger partial charge on any atom is 0.441 e. The molecule has 0 amide bonds. The predicted octanol–water partition coefficient (Wildman–Crippen LogP) is 2.01. The van der Waals surface area contributed by atoms with Crippen molar-refractivity contribution in [1.29, 1.82) is 5.26 Å². The number of nitrogens with one attached hydrogen (secondary N) is 1. The zero-order valence-corrected chi connectivity index (χ0v) is 8.77. The zero-order chi connectivity index (χ0) is 12.0. The van der Waals surface area contributed by atoms with Crippen LogP contribution in [0.25, 0.3) is 0 Å². The van der Waals surface area contributed by atoms with Crippen LogP contribution in [0, 0.1) is 11.3 Å². The van der Waals surface area contributed by atoms with E-state index in [0.29, 0.717) is 5.82 Å². The lowest BCUT2D eigenvalue weighted by atomic mass is 10.5. The molecule has 0 saturated heterocycles. The van der Waals surface area contributed by atoms with Gasteiger partial charge in [-0.1, -0.05) is 0 Å². The highest BCUT2D eigenvalue weighted by Crippen LogP contribution is 2.29. The van der Waals surface area contributed by atoms with Crippen molar-refractivity contribution in [1.82, 2.24) is 9.97 Å². The molecular formula is C8H7F3N4S. The third-order valence-corrected chi connectivity index (χ3v) is 2.18. The highest BCUT2D eigenvalue weighted by atomic mass is 32.2. The Morgan fingerprint density at radius 1 is 1.38 bits per heavy atom. The van der Waals surface area contributed by atoms with Gasteiger partial charge < -0.3 is 5.32 Å². The summed E-state index contributed by atoms with van der Waals surface area (Å²) < 4.78 is 35.3. The molecule has 0 fully saturated rings. The van der Waals surface area contributed by atoms with E-state index in [1.165, 1.54) is 12.4 Å². The summed E-state index contributed by atoms with van der Waals surface area (Å²) in [4.78, 5) is 7.51. The van der Waals surface area contributed by atoms with E-state index < -0.39 is 5.51 Å². The van der Waals surface area contributed by atoms with E-state index in [0.717, 1.165) is 0 Å². The second-order valence-corrected chi connectivity index (χ2v) is 3.78. The van der Waals surface area contributed by atoms with Crippen molar-refractivity contribution in [2.45, 2.75) is 5.51 Å². The standard InChI is InChI=1S/C8H7F3N4S/c9-8(10,11)16-2-1-13-7-5-14-6(3-12)4-15-7/h4-5H,1-2H2,(H,13,15). The van der Waals surface area contributed by atoms with Crippen LogP contribution in [-0.4, -0.2) is 27.8 Å². The Morgan fingerprint density at radius 3 is 2.62 bits per heavy atom. The number of thioether (sulfide) groups is 1. The first-order valence-electron chi connectivity index (χ1n) is 4.18. The summed E-state index contributed by atoms with van der Waals surface area (Å²) >= 11 is -0.103. The van der Waals surface area contributed by atoms with Gasteiger partial charge in [-0.3, -0.25) is 0 Å². The number of halogens is 3. The SMILES string of the molecule is N#Cc1cnc(NCCSC(F)(F)F)cn1. The molecule has 86 valence electrons. The summed E-state index contributed by atoms with van der Waals surface area (Å²) in [7, 11) is 0. The summed E-state index contributed by atoms with van der Waals surface area (Å²) in [6, 6.07) is 1.79. The largest absolute Gasteiger partial charge is 0.441 e. The van der Waals surface area contributed by atoms with Crippen LogP contribution >= 0.6 is 11.8 Å². The van der Waals surface area contributed by atoms with E-state index in [1.54, 1.807) is 6.07 Å². The molecule has 0 aromatic carbocycles. The predicted molar refractivity (Wildman–Crippen MR) is 53.7 cm³/mol. The summed E-state index contributed by atoms with van der Waals surface area (Å²) in [6.07, 6.45) is 2.55. The molecule has 0 aliphatic heterocycles. The van der Waals surface area contributed by atoms with Gasteiger partial charge in [-0.2, -0.15) is 18.4 Å². The van der Waals surface area contributed by atoms with E-state index in [9.17, 15) is 13.2 Å². The molecule has 1 heterocycles. The van der Waals surface area contributed by atoms with Crippen molar-refractivity contribution < 1.29 is 13.2 Å². The fraction of sp³-hybridized carbons (Fsp3) is 0.375. The molecule has 0 spiro atoms. The van der Waals surface area contributed by atoms with Crippen molar-refractivity contribution in [2.24, 2.45) is 0 Å². The zero-order valence-electron chi connectivity index (χ0n) is 7.95. The van der Waals surface area contributed by atoms with Crippen molar-refractivity contribution >= 4 is 17.6 Å². The number of aromatic nitrogens is 2. The second kappa shape index (κ2) is 5.55. The molecule has 1 aromatic rings.